The Labute approximate surface area is 112 Å². The van der Waals surface area contributed by atoms with Gasteiger partial charge in [-0.25, -0.2) is 0 Å². The lowest BCUT2D eigenvalue weighted by molar-refractivity contribution is 0.539. The predicted molar refractivity (Wildman–Crippen MR) is 81.5 cm³/mol. The Bertz CT molecular complexity index is 318. The van der Waals surface area contributed by atoms with E-state index in [1.807, 2.05) is 0 Å². The Morgan fingerprint density at radius 3 is 2.28 bits per heavy atom. The van der Waals surface area contributed by atoms with Gasteiger partial charge in [0.05, 0.1) is 0 Å². The van der Waals surface area contributed by atoms with E-state index in [0.717, 1.165) is 19.5 Å². The molecule has 0 amide bonds. The molecule has 0 saturated heterocycles. The molecule has 0 fully saturated rings. The van der Waals surface area contributed by atoms with Crippen LogP contribution < -0.4 is 10.2 Å². The van der Waals surface area contributed by atoms with Gasteiger partial charge in [0.25, 0.3) is 0 Å². The van der Waals surface area contributed by atoms with E-state index in [1.54, 1.807) is 0 Å². The summed E-state index contributed by atoms with van der Waals surface area (Å²) in [4.78, 5) is 2.39. The van der Waals surface area contributed by atoms with Gasteiger partial charge >= 0.3 is 0 Å². The third kappa shape index (κ3) is 4.34. The number of hydrogen-bond donors (Lipinski definition) is 1. The molecule has 2 heteroatoms. The predicted octanol–water partition coefficient (Wildman–Crippen LogP) is 3.46. The van der Waals surface area contributed by atoms with Gasteiger partial charge in [-0.2, -0.15) is 0 Å². The molecule has 0 aliphatic carbocycles. The lowest BCUT2D eigenvalue weighted by Gasteiger charge is -2.29. The standard InChI is InChI=1S/C16H28N2/c1-5-12-17-13-15(7-3)18(4)16-10-8-14(6-2)9-11-16/h8-11,15,17H,5-7,12-13H2,1-4H3. The van der Waals surface area contributed by atoms with Crippen molar-refractivity contribution in [2.45, 2.75) is 46.1 Å². The number of likely N-dealkylation sites (N-methyl/N-ethyl adjacent to an activating group) is 1. The maximum absolute atomic E-state index is 3.52. The highest BCUT2D eigenvalue weighted by atomic mass is 15.2. The average molecular weight is 248 g/mol. The fourth-order valence-electron chi connectivity index (χ4n) is 2.18. The topological polar surface area (TPSA) is 15.3 Å². The highest BCUT2D eigenvalue weighted by Crippen LogP contribution is 2.17. The van der Waals surface area contributed by atoms with Crippen LogP contribution >= 0.6 is 0 Å². The summed E-state index contributed by atoms with van der Waals surface area (Å²) in [6.45, 7) is 8.84. The van der Waals surface area contributed by atoms with Crippen LogP contribution in [0.2, 0.25) is 0 Å². The molecule has 102 valence electrons. The molecule has 1 atom stereocenters. The van der Waals surface area contributed by atoms with Crippen LogP contribution in [-0.4, -0.2) is 26.2 Å². The van der Waals surface area contributed by atoms with Crippen LogP contribution in [0.15, 0.2) is 24.3 Å². The summed E-state index contributed by atoms with van der Waals surface area (Å²) in [5.74, 6) is 0. The highest BCUT2D eigenvalue weighted by molar-refractivity contribution is 5.47. The number of benzene rings is 1. The number of anilines is 1. The van der Waals surface area contributed by atoms with E-state index in [2.05, 4.69) is 62.3 Å². The first-order valence-electron chi connectivity index (χ1n) is 7.25. The maximum Gasteiger partial charge on any atom is 0.0408 e. The zero-order valence-electron chi connectivity index (χ0n) is 12.4. The van der Waals surface area contributed by atoms with E-state index in [4.69, 9.17) is 0 Å². The van der Waals surface area contributed by atoms with Crippen molar-refractivity contribution in [3.05, 3.63) is 29.8 Å². The number of rotatable bonds is 8. The first kappa shape index (κ1) is 15.0. The summed E-state index contributed by atoms with van der Waals surface area (Å²) in [5.41, 5.74) is 2.72. The van der Waals surface area contributed by atoms with Gasteiger partial charge in [0.15, 0.2) is 0 Å². The van der Waals surface area contributed by atoms with Crippen LogP contribution in [0.3, 0.4) is 0 Å². The van der Waals surface area contributed by atoms with Gasteiger partial charge in [0.1, 0.15) is 0 Å². The molecule has 2 nitrogen and oxygen atoms in total. The van der Waals surface area contributed by atoms with Gasteiger partial charge in [-0.1, -0.05) is 32.9 Å². The second-order valence-electron chi connectivity index (χ2n) is 4.90. The minimum atomic E-state index is 0.573. The first-order valence-corrected chi connectivity index (χ1v) is 7.25. The van der Waals surface area contributed by atoms with Gasteiger partial charge in [0.2, 0.25) is 0 Å². The van der Waals surface area contributed by atoms with Crippen LogP contribution in [0, 0.1) is 0 Å². The van der Waals surface area contributed by atoms with Crippen LogP contribution in [0.1, 0.15) is 39.2 Å². The van der Waals surface area contributed by atoms with Crippen molar-refractivity contribution in [1.82, 2.24) is 5.32 Å². The van der Waals surface area contributed by atoms with Gasteiger partial charge in [-0.05, 0) is 43.5 Å². The molecule has 0 spiro atoms. The molecular weight excluding hydrogens is 220 g/mol. The summed E-state index contributed by atoms with van der Waals surface area (Å²) in [6.07, 6.45) is 3.48. The van der Waals surface area contributed by atoms with Crippen molar-refractivity contribution in [2.24, 2.45) is 0 Å². The van der Waals surface area contributed by atoms with E-state index >= 15 is 0 Å². The van der Waals surface area contributed by atoms with Crippen LogP contribution in [0.25, 0.3) is 0 Å². The summed E-state index contributed by atoms with van der Waals surface area (Å²) in [6, 6.07) is 9.52. The smallest absolute Gasteiger partial charge is 0.0408 e. The second kappa shape index (κ2) is 8.15. The Balaban J connectivity index is 2.60. The molecule has 1 unspecified atom stereocenters. The Morgan fingerprint density at radius 1 is 1.11 bits per heavy atom. The molecule has 0 bridgehead atoms. The molecule has 18 heavy (non-hydrogen) atoms. The largest absolute Gasteiger partial charge is 0.370 e. The Morgan fingerprint density at radius 2 is 1.78 bits per heavy atom. The zero-order chi connectivity index (χ0) is 13.4. The molecule has 1 aromatic rings. The molecule has 1 N–H and O–H groups in total. The van der Waals surface area contributed by atoms with Crippen LogP contribution in [0.5, 0.6) is 0 Å². The van der Waals surface area contributed by atoms with E-state index in [9.17, 15) is 0 Å². The number of hydrogen-bond acceptors (Lipinski definition) is 2. The van der Waals surface area contributed by atoms with E-state index in [-0.39, 0.29) is 0 Å². The molecule has 1 rings (SSSR count). The first-order chi connectivity index (χ1) is 8.72. The molecule has 0 aromatic heterocycles. The Hall–Kier alpha value is -1.02. The third-order valence-electron chi connectivity index (χ3n) is 3.58. The van der Waals surface area contributed by atoms with Crippen molar-refractivity contribution in [2.75, 3.05) is 25.0 Å². The lowest BCUT2D eigenvalue weighted by Crippen LogP contribution is -2.40. The SMILES string of the molecule is CCCNCC(CC)N(C)c1ccc(CC)cc1. The summed E-state index contributed by atoms with van der Waals surface area (Å²) in [7, 11) is 2.20. The lowest BCUT2D eigenvalue weighted by atomic mass is 10.1. The Kier molecular flexibility index (Phi) is 6.81. The highest BCUT2D eigenvalue weighted by Gasteiger charge is 2.12. The fraction of sp³-hybridized carbons (Fsp3) is 0.625. The van der Waals surface area contributed by atoms with Crippen molar-refractivity contribution in [3.8, 4) is 0 Å². The minimum Gasteiger partial charge on any atom is -0.370 e. The zero-order valence-corrected chi connectivity index (χ0v) is 12.4. The van der Waals surface area contributed by atoms with E-state index in [1.165, 1.54) is 24.1 Å². The molecular formula is C16H28N2. The summed E-state index contributed by atoms with van der Waals surface area (Å²) >= 11 is 0. The van der Waals surface area contributed by atoms with Crippen molar-refractivity contribution < 1.29 is 0 Å². The average Bonchev–Trinajstić information content (AvgIpc) is 2.43. The second-order valence-corrected chi connectivity index (χ2v) is 4.90. The van der Waals surface area contributed by atoms with Crippen LogP contribution in [0.4, 0.5) is 5.69 Å². The fourth-order valence-corrected chi connectivity index (χ4v) is 2.18. The molecule has 0 aliphatic heterocycles. The van der Waals surface area contributed by atoms with Crippen molar-refractivity contribution in [3.63, 3.8) is 0 Å². The summed E-state index contributed by atoms with van der Waals surface area (Å²) < 4.78 is 0. The van der Waals surface area contributed by atoms with Gasteiger partial charge in [-0.15, -0.1) is 0 Å². The van der Waals surface area contributed by atoms with Gasteiger partial charge in [-0.3, -0.25) is 0 Å². The quantitative estimate of drug-likeness (QED) is 0.709. The monoisotopic (exact) mass is 248 g/mol. The number of nitrogens with one attached hydrogen (secondary N) is 1. The summed E-state index contributed by atoms with van der Waals surface area (Å²) in [5, 5.41) is 3.52. The maximum atomic E-state index is 3.52. The van der Waals surface area contributed by atoms with Crippen LogP contribution in [-0.2, 0) is 6.42 Å². The van der Waals surface area contributed by atoms with Gasteiger partial charge in [0, 0.05) is 25.3 Å². The van der Waals surface area contributed by atoms with Gasteiger partial charge < -0.3 is 10.2 Å². The molecule has 0 heterocycles. The van der Waals surface area contributed by atoms with Crippen molar-refractivity contribution >= 4 is 5.69 Å². The molecule has 1 aromatic carbocycles. The molecule has 0 saturated carbocycles. The van der Waals surface area contributed by atoms with E-state index in [0.29, 0.717) is 6.04 Å². The number of nitrogens with zero attached hydrogens (tertiary/aromatic N) is 1. The minimum absolute atomic E-state index is 0.573. The third-order valence-corrected chi connectivity index (χ3v) is 3.58. The normalized spacial score (nSPS) is 12.4. The van der Waals surface area contributed by atoms with E-state index < -0.39 is 0 Å². The van der Waals surface area contributed by atoms with Crippen molar-refractivity contribution in [1.29, 1.82) is 0 Å². The molecule has 0 aliphatic rings. The molecule has 0 radical (unpaired) electrons. The number of aryl methyl sites for hydroxylation is 1.